The fourth-order valence-electron chi connectivity index (χ4n) is 7.66. The first-order valence-electron chi connectivity index (χ1n) is 17.1. The molecule has 4 atom stereocenters. The van der Waals surface area contributed by atoms with E-state index in [0.717, 1.165) is 12.0 Å². The number of carbonyl (C=O) groups excluding carboxylic acids is 4. The van der Waals surface area contributed by atoms with E-state index in [1.165, 1.54) is 12.0 Å². The normalized spacial score (nSPS) is 21.3. The van der Waals surface area contributed by atoms with Crippen LogP contribution in [0.1, 0.15) is 43.7 Å². The minimum atomic E-state index is -3.09. The Balaban J connectivity index is 1.54. The summed E-state index contributed by atoms with van der Waals surface area (Å²) in [6, 6.07) is 24.1. The van der Waals surface area contributed by atoms with Gasteiger partial charge in [0.15, 0.2) is 13.9 Å². The molecule has 0 unspecified atom stereocenters. The second-order valence-corrected chi connectivity index (χ2v) is 17.6. The van der Waals surface area contributed by atoms with Gasteiger partial charge in [0, 0.05) is 54.5 Å². The number of carbonyl (C=O) groups is 4. The lowest BCUT2D eigenvalue weighted by molar-refractivity contribution is -0.149. The van der Waals surface area contributed by atoms with E-state index in [1.807, 2.05) is 73.7 Å². The highest BCUT2D eigenvalue weighted by Crippen LogP contribution is 2.60. The van der Waals surface area contributed by atoms with Crippen molar-refractivity contribution in [3.05, 3.63) is 90.0 Å². The number of aliphatic hydroxyl groups excluding tert-OH is 1. The molecule has 2 N–H and O–H groups in total. The highest BCUT2D eigenvalue weighted by Gasteiger charge is 2.66. The molecule has 2 aliphatic heterocycles. The predicted octanol–water partition coefficient (Wildman–Crippen LogP) is 4.88. The number of esters is 1. The smallest absolute Gasteiger partial charge is 0.305 e. The van der Waals surface area contributed by atoms with Crippen LogP contribution >= 0.6 is 0 Å². The van der Waals surface area contributed by atoms with Gasteiger partial charge in [-0.1, -0.05) is 55.5 Å². The molecule has 1 fully saturated rings. The van der Waals surface area contributed by atoms with Crippen molar-refractivity contribution in [2.24, 2.45) is 5.92 Å². The Kier molecular flexibility index (Phi) is 11.6. The lowest BCUT2D eigenvalue weighted by Crippen LogP contribution is -2.46. The molecule has 3 aromatic carbocycles. The third kappa shape index (κ3) is 7.39. The number of benzene rings is 3. The first kappa shape index (κ1) is 36.9. The van der Waals surface area contributed by atoms with Crippen molar-refractivity contribution in [1.82, 2.24) is 4.90 Å². The third-order valence-electron chi connectivity index (χ3n) is 9.94. The number of aliphatic hydroxyl groups is 1. The van der Waals surface area contributed by atoms with Crippen molar-refractivity contribution < 1.29 is 38.6 Å². The molecule has 3 amide bonds. The number of fused-ring (bicyclic) bond motifs is 2. The highest BCUT2D eigenvalue weighted by molar-refractivity contribution is 6.71. The zero-order valence-corrected chi connectivity index (χ0v) is 30.2. The van der Waals surface area contributed by atoms with Crippen LogP contribution in [0.3, 0.4) is 0 Å². The summed E-state index contributed by atoms with van der Waals surface area (Å²) in [6.07, 6.45) is 1.10. The SMILES string of the molecule is COC(=O)CCCCN1C(=O)[C@@]2(O[C@@H](CC(=O)N(CCO)Cc3ccccc3)[C@H]([Si](C)(C)O)[C@H]2C)c2cc(N(C=O)c3ccccc3)ccc21. The molecule has 0 aliphatic carbocycles. The number of methoxy groups -OCH3 is 1. The minimum Gasteiger partial charge on any atom is -0.469 e. The minimum absolute atomic E-state index is 0.0908. The van der Waals surface area contributed by atoms with Gasteiger partial charge >= 0.3 is 5.97 Å². The molecule has 266 valence electrons. The van der Waals surface area contributed by atoms with Crippen LogP contribution in [-0.4, -0.2) is 80.2 Å². The topological polar surface area (TPSA) is 137 Å². The summed E-state index contributed by atoms with van der Waals surface area (Å²) in [7, 11) is -1.75. The standard InChI is InChI=1S/C38H47N3O8Si/c1-27-36(50(3,4)47)33(24-34(44)39(21-22-42)25-28-13-7-5-8-14-28)49-38(27)31-23-30(41(26-43)29-15-9-6-10-16-29)18-19-32(31)40(37(38)46)20-12-11-17-35(45)48-2/h5-10,13-16,18-19,23,26-27,33,36,42,47H,11-12,17,20-22,24-25H2,1-4H3/t27-,33+,36-,38+/m1/s1. The molecule has 12 heteroatoms. The number of anilines is 3. The Morgan fingerprint density at radius 1 is 1.02 bits per heavy atom. The van der Waals surface area contributed by atoms with Crippen LogP contribution in [0.25, 0.3) is 0 Å². The molecule has 3 aromatic rings. The summed E-state index contributed by atoms with van der Waals surface area (Å²) in [6.45, 7) is 6.01. The van der Waals surface area contributed by atoms with Crippen LogP contribution in [0.4, 0.5) is 17.1 Å². The Bertz CT molecular complexity index is 1670. The fourth-order valence-corrected chi connectivity index (χ4v) is 10.2. The van der Waals surface area contributed by atoms with Gasteiger partial charge in [0.1, 0.15) is 0 Å². The number of ether oxygens (including phenoxy) is 2. The van der Waals surface area contributed by atoms with Crippen LogP contribution in [0.2, 0.25) is 18.6 Å². The molecule has 0 aromatic heterocycles. The van der Waals surface area contributed by atoms with Gasteiger partial charge in [-0.15, -0.1) is 0 Å². The van der Waals surface area contributed by atoms with E-state index in [4.69, 9.17) is 9.47 Å². The molecule has 5 rings (SSSR count). The van der Waals surface area contributed by atoms with Gasteiger partial charge < -0.3 is 29.2 Å². The molecule has 1 saturated heterocycles. The van der Waals surface area contributed by atoms with E-state index in [1.54, 1.807) is 35.0 Å². The second-order valence-electron chi connectivity index (χ2n) is 13.6. The van der Waals surface area contributed by atoms with E-state index in [9.17, 15) is 29.1 Å². The van der Waals surface area contributed by atoms with Crippen LogP contribution in [0.5, 0.6) is 0 Å². The molecule has 2 aliphatic rings. The number of para-hydroxylation sites is 1. The summed E-state index contributed by atoms with van der Waals surface area (Å²) in [5, 5.41) is 9.83. The summed E-state index contributed by atoms with van der Waals surface area (Å²) in [5.74, 6) is -1.41. The first-order chi connectivity index (χ1) is 24.0. The van der Waals surface area contributed by atoms with Crippen molar-refractivity contribution in [2.45, 2.75) is 69.5 Å². The number of hydrogen-bond donors (Lipinski definition) is 2. The van der Waals surface area contributed by atoms with Gasteiger partial charge in [-0.25, -0.2) is 0 Å². The molecule has 11 nitrogen and oxygen atoms in total. The molecule has 0 bridgehead atoms. The van der Waals surface area contributed by atoms with Gasteiger partial charge in [-0.3, -0.25) is 24.1 Å². The number of nitrogens with zero attached hydrogens (tertiary/aromatic N) is 3. The van der Waals surface area contributed by atoms with E-state index in [2.05, 4.69) is 0 Å². The fraction of sp³-hybridized carbons (Fsp3) is 0.421. The van der Waals surface area contributed by atoms with Crippen molar-refractivity contribution >= 4 is 49.6 Å². The molecular formula is C38H47N3O8Si. The number of rotatable bonds is 15. The molecule has 0 saturated carbocycles. The van der Waals surface area contributed by atoms with E-state index in [0.29, 0.717) is 48.6 Å². The van der Waals surface area contributed by atoms with Crippen LogP contribution in [0, 0.1) is 5.92 Å². The average molecular weight is 702 g/mol. The van der Waals surface area contributed by atoms with Gasteiger partial charge in [0.25, 0.3) is 5.91 Å². The Morgan fingerprint density at radius 2 is 1.70 bits per heavy atom. The Morgan fingerprint density at radius 3 is 2.32 bits per heavy atom. The van der Waals surface area contributed by atoms with Gasteiger partial charge in [0.05, 0.1) is 31.9 Å². The van der Waals surface area contributed by atoms with E-state index in [-0.39, 0.29) is 43.8 Å². The molecule has 50 heavy (non-hydrogen) atoms. The summed E-state index contributed by atoms with van der Waals surface area (Å²) < 4.78 is 11.7. The maximum atomic E-state index is 14.8. The zero-order chi connectivity index (χ0) is 36.1. The van der Waals surface area contributed by atoms with Crippen molar-refractivity contribution in [3.63, 3.8) is 0 Å². The van der Waals surface area contributed by atoms with Crippen molar-refractivity contribution in [1.29, 1.82) is 0 Å². The highest BCUT2D eigenvalue weighted by atomic mass is 28.4. The molecule has 2 heterocycles. The Labute approximate surface area is 294 Å². The van der Waals surface area contributed by atoms with Gasteiger partial charge in [0.2, 0.25) is 12.3 Å². The van der Waals surface area contributed by atoms with Gasteiger partial charge in [-0.05, 0) is 61.8 Å². The predicted molar refractivity (Wildman–Crippen MR) is 192 cm³/mol. The van der Waals surface area contributed by atoms with Gasteiger partial charge in [-0.2, -0.15) is 0 Å². The molecule has 1 spiro atoms. The summed E-state index contributed by atoms with van der Waals surface area (Å²) >= 11 is 0. The zero-order valence-electron chi connectivity index (χ0n) is 29.2. The Hall–Kier alpha value is -4.36. The largest absolute Gasteiger partial charge is 0.469 e. The van der Waals surface area contributed by atoms with E-state index >= 15 is 0 Å². The quantitative estimate of drug-likeness (QED) is 0.0991. The van der Waals surface area contributed by atoms with Crippen molar-refractivity contribution in [3.8, 4) is 0 Å². The number of amides is 3. The summed E-state index contributed by atoms with van der Waals surface area (Å²) in [5.41, 5.74) is 1.24. The van der Waals surface area contributed by atoms with Crippen LogP contribution < -0.4 is 9.80 Å². The van der Waals surface area contributed by atoms with Crippen LogP contribution in [0.15, 0.2) is 78.9 Å². The lowest BCUT2D eigenvalue weighted by atomic mass is 9.82. The second kappa shape index (κ2) is 15.7. The first-order valence-corrected chi connectivity index (χ1v) is 20.1. The summed E-state index contributed by atoms with van der Waals surface area (Å²) in [4.78, 5) is 69.5. The lowest BCUT2D eigenvalue weighted by Gasteiger charge is -2.33. The maximum absolute atomic E-state index is 14.8. The molecular weight excluding hydrogens is 655 g/mol. The van der Waals surface area contributed by atoms with Crippen LogP contribution in [-0.2, 0) is 40.8 Å². The van der Waals surface area contributed by atoms with Crippen molar-refractivity contribution in [2.75, 3.05) is 36.6 Å². The number of hydrogen-bond acceptors (Lipinski definition) is 8. The maximum Gasteiger partial charge on any atom is 0.305 e. The number of unbranched alkanes of at least 4 members (excludes halogenated alkanes) is 1. The average Bonchev–Trinajstić information content (AvgIpc) is 3.53. The monoisotopic (exact) mass is 701 g/mol. The molecule has 0 radical (unpaired) electrons. The third-order valence-corrected chi connectivity index (χ3v) is 12.4. The van der Waals surface area contributed by atoms with E-state index < -0.39 is 31.5 Å².